The van der Waals surface area contributed by atoms with Gasteiger partial charge in [-0.05, 0) is 72.3 Å². The van der Waals surface area contributed by atoms with Gasteiger partial charge in [0.15, 0.2) is 5.96 Å². The summed E-state index contributed by atoms with van der Waals surface area (Å²) in [5.74, 6) is -0.158. The number of amides is 5. The Labute approximate surface area is 309 Å². The number of nitrogens with two attached hydrogens (primary N) is 2. The Kier molecular flexibility index (Phi) is 15.9. The molecule has 15 heteroatoms. The maximum atomic E-state index is 14.3. The summed E-state index contributed by atoms with van der Waals surface area (Å²) < 4.78 is 5.79. The van der Waals surface area contributed by atoms with Gasteiger partial charge >= 0.3 is 6.03 Å². The number of carbonyl (C=O) groups is 4. The van der Waals surface area contributed by atoms with Crippen LogP contribution in [-0.2, 0) is 34.0 Å². The smallest absolute Gasteiger partial charge is 0.344 e. The molecule has 2 atom stereocenters. The van der Waals surface area contributed by atoms with Gasteiger partial charge in [-0.25, -0.2) is 4.79 Å². The van der Waals surface area contributed by atoms with Crippen molar-refractivity contribution in [3.05, 3.63) is 95.1 Å². The van der Waals surface area contributed by atoms with Crippen LogP contribution in [0.3, 0.4) is 0 Å². The summed E-state index contributed by atoms with van der Waals surface area (Å²) in [6, 6.07) is 19.7. The molecule has 53 heavy (non-hydrogen) atoms. The third kappa shape index (κ3) is 13.1. The number of hydrogen-bond acceptors (Lipinski definition) is 8. The van der Waals surface area contributed by atoms with Crippen molar-refractivity contribution in [3.8, 4) is 11.5 Å². The van der Waals surface area contributed by atoms with E-state index < -0.39 is 18.1 Å². The van der Waals surface area contributed by atoms with E-state index in [0.29, 0.717) is 44.8 Å². The third-order valence-corrected chi connectivity index (χ3v) is 8.57. The fraction of sp³-hybridized carbons (Fsp3) is 0.395. The third-order valence-electron chi connectivity index (χ3n) is 8.57. The van der Waals surface area contributed by atoms with Crippen molar-refractivity contribution in [1.82, 2.24) is 31.5 Å². The Balaban J connectivity index is 1.44. The van der Waals surface area contributed by atoms with Gasteiger partial charge in [0.1, 0.15) is 23.6 Å². The number of fused-ring (bicyclic) bond motifs is 1. The zero-order valence-electron chi connectivity index (χ0n) is 30.1. The lowest BCUT2D eigenvalue weighted by Gasteiger charge is -2.29. The predicted octanol–water partition coefficient (Wildman–Crippen LogP) is 1.90. The summed E-state index contributed by atoms with van der Waals surface area (Å²) in [4.78, 5) is 57.2. The summed E-state index contributed by atoms with van der Waals surface area (Å²) in [6.07, 6.45) is 1.71. The maximum Gasteiger partial charge on any atom is 0.344 e. The van der Waals surface area contributed by atoms with Gasteiger partial charge in [-0.15, -0.1) is 0 Å². The first-order valence-electron chi connectivity index (χ1n) is 17.9. The number of phenolic OH excluding ortho intramolecular Hbond substituents is 1. The number of urea groups is 1. The van der Waals surface area contributed by atoms with E-state index in [-0.39, 0.29) is 62.0 Å². The molecule has 5 amide bonds. The van der Waals surface area contributed by atoms with Crippen LogP contribution < -0.4 is 42.8 Å². The lowest BCUT2D eigenvalue weighted by molar-refractivity contribution is -0.132. The number of nitrogens with zero attached hydrogens (tertiary/aromatic N) is 2. The van der Waals surface area contributed by atoms with E-state index in [1.807, 2.05) is 36.4 Å². The molecular weight excluding hydrogens is 678 g/mol. The molecule has 0 unspecified atom stereocenters. The van der Waals surface area contributed by atoms with Crippen molar-refractivity contribution in [2.75, 3.05) is 32.8 Å². The fourth-order valence-corrected chi connectivity index (χ4v) is 5.74. The lowest BCUT2D eigenvalue weighted by Crippen LogP contribution is -2.50. The highest BCUT2D eigenvalue weighted by molar-refractivity contribution is 5.92. The highest BCUT2D eigenvalue weighted by atomic mass is 16.5. The number of nitrogens with one attached hydrogen (secondary N) is 5. The molecule has 284 valence electrons. The Morgan fingerprint density at radius 1 is 0.849 bits per heavy atom. The average molecular weight is 730 g/mol. The molecule has 0 fully saturated rings. The Morgan fingerprint density at radius 3 is 2.19 bits per heavy atom. The SMILES string of the molecule is CCC(=O)NCCNC(=O)/N=C(/N)NCCC[C@@H](NC(=O)[C@H](c1ccc(OCCCN)cc1)N1Cc2ccccc2C1)C(=O)NCc1ccc(O)cc1. The van der Waals surface area contributed by atoms with Gasteiger partial charge in [0.2, 0.25) is 17.7 Å². The standard InChI is InChI=1S/C38H51N9O6/c1-2-33(49)41-20-21-43-38(52)46-37(40)42-19-5-9-32(35(50)44-23-26-10-14-30(48)15-11-26)45-36(51)34(47-24-28-7-3-4-8-29(28)25-47)27-12-16-31(17-13-27)53-22-6-18-39/h3-4,7-8,10-17,32,34,48H,2,5-6,9,18-25,39H2,1H3,(H,41,49)(H,44,50)(H,45,51)(H4,40,42,43,46,52)/t32-,34+/m1/s1. The van der Waals surface area contributed by atoms with Crippen molar-refractivity contribution in [2.24, 2.45) is 16.5 Å². The van der Waals surface area contributed by atoms with Gasteiger partial charge in [0.05, 0.1) is 6.61 Å². The van der Waals surface area contributed by atoms with Crippen molar-refractivity contribution in [2.45, 2.75) is 64.3 Å². The van der Waals surface area contributed by atoms with Crippen LogP contribution in [-0.4, -0.2) is 78.5 Å². The largest absolute Gasteiger partial charge is 0.508 e. The van der Waals surface area contributed by atoms with Crippen molar-refractivity contribution in [1.29, 1.82) is 0 Å². The van der Waals surface area contributed by atoms with Gasteiger partial charge in [0.25, 0.3) is 0 Å². The van der Waals surface area contributed by atoms with Crippen LogP contribution in [0.25, 0.3) is 0 Å². The van der Waals surface area contributed by atoms with Crippen LogP contribution in [0.2, 0.25) is 0 Å². The van der Waals surface area contributed by atoms with Crippen LogP contribution in [0.4, 0.5) is 4.79 Å². The van der Waals surface area contributed by atoms with Gasteiger partial charge < -0.3 is 47.9 Å². The van der Waals surface area contributed by atoms with E-state index in [1.165, 1.54) is 12.1 Å². The molecule has 10 N–H and O–H groups in total. The van der Waals surface area contributed by atoms with E-state index in [9.17, 15) is 24.3 Å². The summed E-state index contributed by atoms with van der Waals surface area (Å²) >= 11 is 0. The number of guanidine groups is 1. The first-order chi connectivity index (χ1) is 25.7. The summed E-state index contributed by atoms with van der Waals surface area (Å²) in [5, 5.41) is 23.6. The number of phenols is 1. The maximum absolute atomic E-state index is 14.3. The highest BCUT2D eigenvalue weighted by Gasteiger charge is 2.34. The summed E-state index contributed by atoms with van der Waals surface area (Å²) in [7, 11) is 0. The van der Waals surface area contributed by atoms with Gasteiger partial charge in [-0.1, -0.05) is 55.5 Å². The normalized spacial score (nSPS) is 13.7. The van der Waals surface area contributed by atoms with Gasteiger partial charge in [-0.2, -0.15) is 4.99 Å². The molecule has 0 bridgehead atoms. The number of aromatic hydroxyl groups is 1. The van der Waals surface area contributed by atoms with Crippen molar-refractivity contribution < 1.29 is 29.0 Å². The van der Waals surface area contributed by atoms with E-state index >= 15 is 0 Å². The minimum Gasteiger partial charge on any atom is -0.508 e. The minimum atomic E-state index is -0.910. The number of aliphatic imine (C=N–C) groups is 1. The first-order valence-corrected chi connectivity index (χ1v) is 17.9. The fourth-order valence-electron chi connectivity index (χ4n) is 5.74. The second kappa shape index (κ2) is 21.0. The quantitative estimate of drug-likeness (QED) is 0.0508. The predicted molar refractivity (Wildman–Crippen MR) is 201 cm³/mol. The molecule has 15 nitrogen and oxygen atoms in total. The molecule has 3 aromatic carbocycles. The monoisotopic (exact) mass is 729 g/mol. The second-order valence-electron chi connectivity index (χ2n) is 12.6. The first kappa shape index (κ1) is 40.1. The van der Waals surface area contributed by atoms with Crippen LogP contribution in [0, 0.1) is 0 Å². The molecule has 0 aromatic heterocycles. The molecule has 1 aliphatic heterocycles. The van der Waals surface area contributed by atoms with Crippen LogP contribution >= 0.6 is 0 Å². The summed E-state index contributed by atoms with van der Waals surface area (Å²) in [6.45, 7) is 4.78. The van der Waals surface area contributed by atoms with Crippen LogP contribution in [0.1, 0.15) is 60.9 Å². The van der Waals surface area contributed by atoms with Crippen LogP contribution in [0.5, 0.6) is 11.5 Å². The Hall–Kier alpha value is -5.67. The Morgan fingerprint density at radius 2 is 1.53 bits per heavy atom. The van der Waals surface area contributed by atoms with E-state index in [4.69, 9.17) is 16.2 Å². The number of hydrogen-bond donors (Lipinski definition) is 8. The molecule has 3 aromatic rings. The topological polar surface area (TPSA) is 226 Å². The van der Waals surface area contributed by atoms with E-state index in [1.54, 1.807) is 19.1 Å². The molecule has 0 saturated carbocycles. The van der Waals surface area contributed by atoms with Crippen LogP contribution in [0.15, 0.2) is 77.8 Å². The van der Waals surface area contributed by atoms with E-state index in [2.05, 4.69) is 48.6 Å². The molecule has 0 spiro atoms. The molecule has 0 radical (unpaired) electrons. The number of carbonyl (C=O) groups excluding carboxylic acids is 4. The second-order valence-corrected chi connectivity index (χ2v) is 12.6. The average Bonchev–Trinajstić information content (AvgIpc) is 3.58. The Bertz CT molecular complexity index is 1660. The van der Waals surface area contributed by atoms with Gasteiger partial charge in [-0.3, -0.25) is 19.3 Å². The lowest BCUT2D eigenvalue weighted by atomic mass is 10.0. The molecule has 4 rings (SSSR count). The highest BCUT2D eigenvalue weighted by Crippen LogP contribution is 2.32. The zero-order valence-corrected chi connectivity index (χ0v) is 30.1. The summed E-state index contributed by atoms with van der Waals surface area (Å²) in [5.41, 5.74) is 15.3. The molecule has 1 heterocycles. The van der Waals surface area contributed by atoms with E-state index in [0.717, 1.165) is 28.7 Å². The van der Waals surface area contributed by atoms with Gasteiger partial charge in [0, 0.05) is 45.7 Å². The molecular formula is C38H51N9O6. The minimum absolute atomic E-state index is 0.110. The molecule has 1 aliphatic rings. The zero-order chi connectivity index (χ0) is 38.0. The number of benzene rings is 3. The molecule has 0 saturated heterocycles. The number of ether oxygens (including phenoxy) is 1. The van der Waals surface area contributed by atoms with Crippen molar-refractivity contribution >= 4 is 29.7 Å². The molecule has 0 aliphatic carbocycles. The number of rotatable bonds is 19. The van der Waals surface area contributed by atoms with Crippen molar-refractivity contribution in [3.63, 3.8) is 0 Å².